The molecule has 0 spiro atoms. The van der Waals surface area contributed by atoms with Crippen LogP contribution in [0.3, 0.4) is 0 Å². The summed E-state index contributed by atoms with van der Waals surface area (Å²) in [5.74, 6) is 0. The second-order valence-corrected chi connectivity index (χ2v) is 12.0. The molecule has 0 heterocycles. The second-order valence-electron chi connectivity index (χ2n) is 8.48. The van der Waals surface area contributed by atoms with Gasteiger partial charge in [0.05, 0.1) is 18.9 Å². The molecule has 4 aromatic carbocycles. The van der Waals surface area contributed by atoms with E-state index in [1.807, 2.05) is 6.07 Å². The van der Waals surface area contributed by atoms with Crippen molar-refractivity contribution in [3.05, 3.63) is 126 Å². The van der Waals surface area contributed by atoms with Gasteiger partial charge in [-0.2, -0.15) is 0 Å². The molecule has 2 heteroatoms. The van der Waals surface area contributed by atoms with Gasteiger partial charge in [-0.3, -0.25) is 0 Å². The first-order valence-corrected chi connectivity index (χ1v) is 13.0. The number of hydrogen-bond acceptors (Lipinski definition) is 1. The topological polar surface area (TPSA) is 9.23 Å². The molecule has 156 valence electrons. The first kappa shape index (κ1) is 21.5. The Bertz CT molecular complexity index is 1070. The molecule has 0 bridgehead atoms. The van der Waals surface area contributed by atoms with Crippen LogP contribution in [0.15, 0.2) is 115 Å². The Hall–Kier alpha value is -2.73. The van der Waals surface area contributed by atoms with Gasteiger partial charge < -0.3 is 4.74 Å². The predicted molar refractivity (Wildman–Crippen MR) is 135 cm³/mol. The molecular formula is C29H30OP+. The van der Waals surface area contributed by atoms with Crippen LogP contribution >= 0.6 is 7.26 Å². The van der Waals surface area contributed by atoms with E-state index >= 15 is 0 Å². The summed E-state index contributed by atoms with van der Waals surface area (Å²) >= 11 is 0. The largest absolute Gasteiger partial charge is 0.366 e. The predicted octanol–water partition coefficient (Wildman–Crippen LogP) is 6.06. The van der Waals surface area contributed by atoms with Crippen LogP contribution < -0.4 is 15.9 Å². The normalized spacial score (nSPS) is 12.0. The highest BCUT2D eigenvalue weighted by Crippen LogP contribution is 2.53. The third kappa shape index (κ3) is 4.49. The number of hydrogen-bond donors (Lipinski definition) is 0. The molecule has 4 rings (SSSR count). The van der Waals surface area contributed by atoms with Crippen molar-refractivity contribution in [3.63, 3.8) is 0 Å². The summed E-state index contributed by atoms with van der Waals surface area (Å²) in [4.78, 5) is 0. The Morgan fingerprint density at radius 2 is 1.06 bits per heavy atom. The zero-order chi connectivity index (χ0) is 21.7. The molecule has 4 aromatic rings. The van der Waals surface area contributed by atoms with Crippen molar-refractivity contribution in [2.45, 2.75) is 26.1 Å². The molecule has 0 atom stereocenters. The molecule has 0 amide bonds. The highest BCUT2D eigenvalue weighted by Gasteiger charge is 2.44. The Morgan fingerprint density at radius 1 is 0.613 bits per heavy atom. The van der Waals surface area contributed by atoms with Gasteiger partial charge in [-0.05, 0) is 49.7 Å². The van der Waals surface area contributed by atoms with E-state index in [0.717, 1.165) is 0 Å². The Balaban J connectivity index is 1.81. The average Bonchev–Trinajstić information content (AvgIpc) is 2.84. The molecule has 0 aromatic heterocycles. The second kappa shape index (κ2) is 9.18. The van der Waals surface area contributed by atoms with E-state index in [1.54, 1.807) is 0 Å². The van der Waals surface area contributed by atoms with Gasteiger partial charge in [0.2, 0.25) is 0 Å². The third-order valence-electron chi connectivity index (χ3n) is 6.02. The van der Waals surface area contributed by atoms with E-state index < -0.39 is 12.9 Å². The van der Waals surface area contributed by atoms with Crippen molar-refractivity contribution < 1.29 is 4.74 Å². The summed E-state index contributed by atoms with van der Waals surface area (Å²) in [6.45, 7) is 7.40. The summed E-state index contributed by atoms with van der Waals surface area (Å²) in [6, 6.07) is 41.1. The van der Waals surface area contributed by atoms with Gasteiger partial charge in [0.15, 0.2) is 0 Å². The molecule has 0 saturated heterocycles. The number of rotatable bonds is 7. The highest BCUT2D eigenvalue weighted by atomic mass is 31.2. The van der Waals surface area contributed by atoms with Crippen molar-refractivity contribution in [1.29, 1.82) is 0 Å². The summed E-state index contributed by atoms with van der Waals surface area (Å²) in [6.07, 6.45) is 0. The molecule has 1 nitrogen and oxygen atoms in total. The maximum Gasteiger partial charge on any atom is 0.110 e. The Labute approximate surface area is 187 Å². The van der Waals surface area contributed by atoms with E-state index in [2.05, 4.69) is 130 Å². The van der Waals surface area contributed by atoms with Crippen LogP contribution in [0, 0.1) is 0 Å². The van der Waals surface area contributed by atoms with Crippen molar-refractivity contribution in [2.75, 3.05) is 6.66 Å². The minimum absolute atomic E-state index is 0.419. The van der Waals surface area contributed by atoms with Gasteiger partial charge in [-0.15, -0.1) is 0 Å². The highest BCUT2D eigenvalue weighted by molar-refractivity contribution is 7.95. The summed E-state index contributed by atoms with van der Waals surface area (Å²) in [5, 5.41) is 4.14. The van der Waals surface area contributed by atoms with E-state index in [1.165, 1.54) is 27.0 Å². The lowest BCUT2D eigenvalue weighted by molar-refractivity contribution is -0.0329. The lowest BCUT2D eigenvalue weighted by atomic mass is 9.98. The van der Waals surface area contributed by atoms with Gasteiger partial charge in [0, 0.05) is 5.56 Å². The minimum atomic E-state index is -1.84. The molecule has 31 heavy (non-hydrogen) atoms. The minimum Gasteiger partial charge on any atom is -0.366 e. The maximum atomic E-state index is 6.53. The van der Waals surface area contributed by atoms with Crippen LogP contribution in [0.25, 0.3) is 0 Å². The van der Waals surface area contributed by atoms with Crippen molar-refractivity contribution in [3.8, 4) is 0 Å². The van der Waals surface area contributed by atoms with Crippen molar-refractivity contribution in [2.24, 2.45) is 0 Å². The van der Waals surface area contributed by atoms with Crippen LogP contribution in [0.1, 0.15) is 25.0 Å². The fraction of sp³-hybridized carbons (Fsp3) is 0.172. The van der Waals surface area contributed by atoms with Crippen LogP contribution in [0.5, 0.6) is 0 Å². The van der Waals surface area contributed by atoms with Crippen molar-refractivity contribution in [1.82, 2.24) is 0 Å². The molecule has 0 unspecified atom stereocenters. The van der Waals surface area contributed by atoms with E-state index in [0.29, 0.717) is 6.61 Å². The van der Waals surface area contributed by atoms with E-state index in [4.69, 9.17) is 4.74 Å². The van der Waals surface area contributed by atoms with E-state index in [-0.39, 0.29) is 0 Å². The number of benzene rings is 4. The van der Waals surface area contributed by atoms with Crippen LogP contribution in [-0.2, 0) is 16.9 Å². The average molecular weight is 426 g/mol. The zero-order valence-electron chi connectivity index (χ0n) is 18.5. The molecule has 0 aliphatic carbocycles. The van der Waals surface area contributed by atoms with Crippen LogP contribution in [0.2, 0.25) is 0 Å². The fourth-order valence-electron chi connectivity index (χ4n) is 4.17. The van der Waals surface area contributed by atoms with Gasteiger partial charge in [0.25, 0.3) is 0 Å². The van der Waals surface area contributed by atoms with E-state index in [9.17, 15) is 0 Å². The summed E-state index contributed by atoms with van der Waals surface area (Å²) < 4.78 is 6.53. The molecule has 0 saturated carbocycles. The first-order chi connectivity index (χ1) is 15.0. The maximum absolute atomic E-state index is 6.53. The van der Waals surface area contributed by atoms with Crippen LogP contribution in [0.4, 0.5) is 0 Å². The molecular weight excluding hydrogens is 395 g/mol. The Morgan fingerprint density at radius 3 is 1.61 bits per heavy atom. The van der Waals surface area contributed by atoms with Gasteiger partial charge in [0.1, 0.15) is 23.2 Å². The zero-order valence-corrected chi connectivity index (χ0v) is 19.4. The van der Waals surface area contributed by atoms with Gasteiger partial charge >= 0.3 is 0 Å². The van der Waals surface area contributed by atoms with Gasteiger partial charge in [-0.1, -0.05) is 84.9 Å². The SMILES string of the molecule is CC(C)(OCc1ccccc1)c1ccccc1[P+](C)(c1ccccc1)c1ccccc1. The summed E-state index contributed by atoms with van der Waals surface area (Å²) in [5.41, 5.74) is 2.03. The number of ether oxygens (including phenoxy) is 1. The standard InChI is InChI=1S/C29H30OP/c1-29(2,30-23-24-15-7-4-8-16-24)27-21-13-14-22-28(27)31(3,25-17-9-5-10-18-25)26-19-11-6-12-20-26/h4-22H,23H2,1-3H3/q+1. The molecule has 0 radical (unpaired) electrons. The molecule has 0 N–H and O–H groups in total. The van der Waals surface area contributed by atoms with Gasteiger partial charge in [-0.25, -0.2) is 0 Å². The lowest BCUT2D eigenvalue weighted by Crippen LogP contribution is -2.37. The fourth-order valence-corrected chi connectivity index (χ4v) is 7.77. The molecule has 0 aliphatic heterocycles. The summed E-state index contributed by atoms with van der Waals surface area (Å²) in [7, 11) is -1.84. The van der Waals surface area contributed by atoms with Crippen LogP contribution in [-0.4, -0.2) is 6.66 Å². The monoisotopic (exact) mass is 425 g/mol. The molecule has 0 fully saturated rings. The van der Waals surface area contributed by atoms with Crippen molar-refractivity contribution >= 4 is 23.2 Å². The Kier molecular flexibility index (Phi) is 6.37. The molecule has 0 aliphatic rings. The smallest absolute Gasteiger partial charge is 0.110 e. The quantitative estimate of drug-likeness (QED) is 0.327. The third-order valence-corrected chi connectivity index (χ3v) is 10.0. The first-order valence-electron chi connectivity index (χ1n) is 10.8. The lowest BCUT2D eigenvalue weighted by Gasteiger charge is -2.32.